The second-order valence-corrected chi connectivity index (χ2v) is 6.96. The SMILES string of the molecule is CC.CC.CC.Cc1cc(-c2ccccc2C)c(COC(C)(C)c2ccccc2)cn1. The molecule has 1 aromatic heterocycles. The quantitative estimate of drug-likeness (QED) is 0.410. The minimum absolute atomic E-state index is 0.352. The largest absolute Gasteiger partial charge is 0.366 e. The molecule has 0 aliphatic rings. The van der Waals surface area contributed by atoms with Gasteiger partial charge in [-0.15, -0.1) is 0 Å². The molecule has 2 nitrogen and oxygen atoms in total. The summed E-state index contributed by atoms with van der Waals surface area (Å²) in [4.78, 5) is 4.49. The van der Waals surface area contributed by atoms with Crippen molar-refractivity contribution >= 4 is 0 Å². The van der Waals surface area contributed by atoms with Crippen LogP contribution in [0.1, 0.15) is 77.8 Å². The predicted molar refractivity (Wildman–Crippen MR) is 137 cm³/mol. The molecule has 170 valence electrons. The van der Waals surface area contributed by atoms with Gasteiger partial charge in [0.1, 0.15) is 0 Å². The first kappa shape index (κ1) is 28.5. The summed E-state index contributed by atoms with van der Waals surface area (Å²) in [5.74, 6) is 0. The molecule has 2 heteroatoms. The number of ether oxygens (including phenoxy) is 1. The van der Waals surface area contributed by atoms with Crippen LogP contribution in [-0.2, 0) is 16.9 Å². The number of benzene rings is 2. The van der Waals surface area contributed by atoms with Crippen molar-refractivity contribution in [3.05, 3.63) is 89.2 Å². The zero-order valence-corrected chi connectivity index (χ0v) is 21.4. The number of nitrogens with zero attached hydrogens (tertiary/aromatic N) is 1. The van der Waals surface area contributed by atoms with Crippen LogP contribution in [0.5, 0.6) is 0 Å². The first-order chi connectivity index (χ1) is 15.0. The normalized spacial score (nSPS) is 9.87. The van der Waals surface area contributed by atoms with Crippen LogP contribution in [0, 0.1) is 13.8 Å². The van der Waals surface area contributed by atoms with Gasteiger partial charge < -0.3 is 4.74 Å². The Morgan fingerprint density at radius 2 is 1.29 bits per heavy atom. The Morgan fingerprint density at radius 1 is 0.742 bits per heavy atom. The van der Waals surface area contributed by atoms with E-state index in [0.29, 0.717) is 6.61 Å². The molecule has 0 amide bonds. The van der Waals surface area contributed by atoms with Crippen molar-refractivity contribution in [2.45, 2.75) is 81.4 Å². The van der Waals surface area contributed by atoms with Crippen molar-refractivity contribution in [3.63, 3.8) is 0 Å². The summed E-state index contributed by atoms with van der Waals surface area (Å²) in [6, 6.07) is 20.9. The second kappa shape index (κ2) is 15.4. The van der Waals surface area contributed by atoms with Gasteiger partial charge >= 0.3 is 0 Å². The Kier molecular flexibility index (Phi) is 14.2. The number of pyridine rings is 1. The van der Waals surface area contributed by atoms with E-state index < -0.39 is 0 Å². The van der Waals surface area contributed by atoms with Crippen LogP contribution in [-0.4, -0.2) is 4.98 Å². The van der Waals surface area contributed by atoms with Crippen molar-refractivity contribution in [1.29, 1.82) is 0 Å². The van der Waals surface area contributed by atoms with Crippen molar-refractivity contribution in [3.8, 4) is 11.1 Å². The third-order valence-electron chi connectivity index (χ3n) is 4.62. The van der Waals surface area contributed by atoms with Gasteiger partial charge in [0.05, 0.1) is 12.2 Å². The van der Waals surface area contributed by atoms with E-state index in [1.165, 1.54) is 22.3 Å². The van der Waals surface area contributed by atoms with Gasteiger partial charge in [0, 0.05) is 17.5 Å². The fraction of sp³-hybridized carbons (Fsp3) is 0.414. The van der Waals surface area contributed by atoms with Gasteiger partial charge in [-0.1, -0.05) is 96.1 Å². The molecule has 31 heavy (non-hydrogen) atoms. The van der Waals surface area contributed by atoms with Gasteiger partial charge in [0.15, 0.2) is 0 Å². The molecule has 0 aliphatic carbocycles. The molecule has 3 aromatic rings. The lowest BCUT2D eigenvalue weighted by atomic mass is 9.96. The molecular formula is C29H43NO. The van der Waals surface area contributed by atoms with Crippen LogP contribution in [0.25, 0.3) is 11.1 Å². The first-order valence-electron chi connectivity index (χ1n) is 11.7. The number of rotatable bonds is 5. The molecule has 2 aromatic carbocycles. The van der Waals surface area contributed by atoms with Gasteiger partial charge in [-0.25, -0.2) is 0 Å². The van der Waals surface area contributed by atoms with E-state index in [1.807, 2.05) is 72.9 Å². The number of hydrogen-bond acceptors (Lipinski definition) is 2. The molecule has 3 rings (SSSR count). The smallest absolute Gasteiger partial charge is 0.0879 e. The average molecular weight is 422 g/mol. The van der Waals surface area contributed by atoms with Crippen LogP contribution < -0.4 is 0 Å². The summed E-state index contributed by atoms with van der Waals surface area (Å²) >= 11 is 0. The first-order valence-corrected chi connectivity index (χ1v) is 11.7. The lowest BCUT2D eigenvalue weighted by Gasteiger charge is -2.26. The summed E-state index contributed by atoms with van der Waals surface area (Å²) in [6.45, 7) is 20.9. The summed E-state index contributed by atoms with van der Waals surface area (Å²) < 4.78 is 6.30. The highest BCUT2D eigenvalue weighted by Crippen LogP contribution is 2.31. The Labute approximate surface area is 191 Å². The van der Waals surface area contributed by atoms with Crippen LogP contribution >= 0.6 is 0 Å². The molecule has 0 saturated carbocycles. The van der Waals surface area contributed by atoms with E-state index in [2.05, 4.69) is 68.2 Å². The highest BCUT2D eigenvalue weighted by molar-refractivity contribution is 5.70. The lowest BCUT2D eigenvalue weighted by molar-refractivity contribution is -0.0336. The molecule has 0 unspecified atom stereocenters. The number of aromatic nitrogens is 1. The minimum Gasteiger partial charge on any atom is -0.366 e. The lowest BCUT2D eigenvalue weighted by Crippen LogP contribution is -2.21. The molecule has 1 heterocycles. The molecule has 0 atom stereocenters. The number of aryl methyl sites for hydroxylation is 2. The third-order valence-corrected chi connectivity index (χ3v) is 4.62. The van der Waals surface area contributed by atoms with Gasteiger partial charge in [0.25, 0.3) is 0 Å². The average Bonchev–Trinajstić information content (AvgIpc) is 2.83. The van der Waals surface area contributed by atoms with Crippen molar-refractivity contribution < 1.29 is 4.74 Å². The summed E-state index contributed by atoms with van der Waals surface area (Å²) in [6.07, 6.45) is 1.94. The highest BCUT2D eigenvalue weighted by atomic mass is 16.5. The fourth-order valence-corrected chi connectivity index (χ4v) is 3.01. The molecule has 0 N–H and O–H groups in total. The fourth-order valence-electron chi connectivity index (χ4n) is 3.01. The predicted octanol–water partition coefficient (Wildman–Crippen LogP) is 8.90. The van der Waals surface area contributed by atoms with Crippen molar-refractivity contribution in [2.24, 2.45) is 0 Å². The Morgan fingerprint density at radius 3 is 1.87 bits per heavy atom. The highest BCUT2D eigenvalue weighted by Gasteiger charge is 2.21. The number of hydrogen-bond donors (Lipinski definition) is 0. The van der Waals surface area contributed by atoms with E-state index in [9.17, 15) is 0 Å². The van der Waals surface area contributed by atoms with E-state index in [0.717, 1.165) is 11.3 Å². The third kappa shape index (κ3) is 8.67. The Balaban J connectivity index is 0.00000138. The molecule has 0 spiro atoms. The molecule has 0 aliphatic heterocycles. The van der Waals surface area contributed by atoms with Gasteiger partial charge in [0.2, 0.25) is 0 Å². The maximum Gasteiger partial charge on any atom is 0.0879 e. The van der Waals surface area contributed by atoms with Crippen molar-refractivity contribution in [2.75, 3.05) is 0 Å². The Hall–Kier alpha value is -2.45. The van der Waals surface area contributed by atoms with Crippen molar-refractivity contribution in [1.82, 2.24) is 4.98 Å². The van der Waals surface area contributed by atoms with E-state index in [4.69, 9.17) is 4.74 Å². The maximum atomic E-state index is 6.30. The van der Waals surface area contributed by atoms with Gasteiger partial charge in [-0.2, -0.15) is 0 Å². The maximum absolute atomic E-state index is 6.30. The van der Waals surface area contributed by atoms with E-state index >= 15 is 0 Å². The van der Waals surface area contributed by atoms with Crippen LogP contribution in [0.4, 0.5) is 0 Å². The monoisotopic (exact) mass is 421 g/mol. The molecular weight excluding hydrogens is 378 g/mol. The molecule has 0 saturated heterocycles. The zero-order valence-electron chi connectivity index (χ0n) is 21.4. The standard InChI is InChI=1S/C23H25NO.3C2H6/c1-17-10-8-9-13-21(17)22-14-18(2)24-15-19(22)16-25-23(3,4)20-11-6-5-7-12-20;3*1-2/h5-15H,16H2,1-4H3;3*1-2H3. The Bertz CT molecular complexity index is 854. The van der Waals surface area contributed by atoms with E-state index in [1.54, 1.807) is 0 Å². The van der Waals surface area contributed by atoms with Crippen LogP contribution in [0.15, 0.2) is 66.9 Å². The van der Waals surface area contributed by atoms with Gasteiger partial charge in [-0.05, 0) is 56.0 Å². The second-order valence-electron chi connectivity index (χ2n) is 6.96. The molecule has 0 bridgehead atoms. The summed E-state index contributed by atoms with van der Waals surface area (Å²) in [5.41, 5.74) is 6.66. The zero-order chi connectivity index (χ0) is 23.9. The molecule has 0 radical (unpaired) electrons. The summed E-state index contributed by atoms with van der Waals surface area (Å²) in [5, 5.41) is 0. The topological polar surface area (TPSA) is 22.1 Å². The van der Waals surface area contributed by atoms with Gasteiger partial charge in [-0.3, -0.25) is 4.98 Å². The van der Waals surface area contributed by atoms with Crippen LogP contribution in [0.3, 0.4) is 0 Å². The molecule has 0 fully saturated rings. The van der Waals surface area contributed by atoms with E-state index in [-0.39, 0.29) is 5.60 Å². The van der Waals surface area contributed by atoms with Crippen LogP contribution in [0.2, 0.25) is 0 Å². The summed E-state index contributed by atoms with van der Waals surface area (Å²) in [7, 11) is 0. The minimum atomic E-state index is -0.352.